The first-order valence-electron chi connectivity index (χ1n) is 8.52. The molecule has 1 aliphatic carbocycles. The maximum atomic E-state index is 12.7. The summed E-state index contributed by atoms with van der Waals surface area (Å²) in [5.74, 6) is 0.116. The van der Waals surface area contributed by atoms with Crippen LogP contribution in [0.15, 0.2) is 41.3 Å². The van der Waals surface area contributed by atoms with Crippen LogP contribution in [0.1, 0.15) is 29.9 Å². The molecule has 0 amide bonds. The standard InChI is InChI=1S/C20H17ClN2O4/c1-10-13(12-4-5-16(22)15(21)8-12)6-7-23-18(10)14(11-2-3-11)9-17(19(23)24)27-20(25)26/h4-9,11H,2-3,22H2,1H3,(H,25,26). The zero-order valence-corrected chi connectivity index (χ0v) is 15.3. The lowest BCUT2D eigenvalue weighted by atomic mass is 9.97. The second kappa shape index (κ2) is 6.32. The molecule has 1 aromatic carbocycles. The summed E-state index contributed by atoms with van der Waals surface area (Å²) in [5, 5.41) is 9.38. The van der Waals surface area contributed by atoms with Gasteiger partial charge in [-0.3, -0.25) is 9.20 Å². The van der Waals surface area contributed by atoms with E-state index in [1.807, 2.05) is 19.1 Å². The van der Waals surface area contributed by atoms with E-state index in [-0.39, 0.29) is 5.75 Å². The summed E-state index contributed by atoms with van der Waals surface area (Å²) in [6.45, 7) is 1.94. The summed E-state index contributed by atoms with van der Waals surface area (Å²) in [4.78, 5) is 23.6. The number of nitrogens with zero attached hydrogens (tertiary/aromatic N) is 1. The summed E-state index contributed by atoms with van der Waals surface area (Å²) in [5.41, 5.74) is 10.3. The number of anilines is 1. The monoisotopic (exact) mass is 384 g/mol. The van der Waals surface area contributed by atoms with Crippen LogP contribution in [0.3, 0.4) is 0 Å². The molecule has 1 saturated carbocycles. The van der Waals surface area contributed by atoms with Crippen LogP contribution in [0.4, 0.5) is 10.5 Å². The molecule has 2 heterocycles. The number of halogens is 1. The Morgan fingerprint density at radius 2 is 2.04 bits per heavy atom. The van der Waals surface area contributed by atoms with Crippen LogP contribution in [0.25, 0.3) is 16.6 Å². The smallest absolute Gasteiger partial charge is 0.449 e. The van der Waals surface area contributed by atoms with Gasteiger partial charge in [0.25, 0.3) is 5.56 Å². The van der Waals surface area contributed by atoms with Crippen molar-refractivity contribution in [2.75, 3.05) is 5.73 Å². The first kappa shape index (κ1) is 17.4. The molecule has 2 aromatic heterocycles. The van der Waals surface area contributed by atoms with E-state index in [1.165, 1.54) is 4.40 Å². The molecule has 0 atom stereocenters. The first-order chi connectivity index (χ1) is 12.9. The number of aryl methyl sites for hydroxylation is 1. The van der Waals surface area contributed by atoms with E-state index < -0.39 is 11.7 Å². The van der Waals surface area contributed by atoms with Gasteiger partial charge < -0.3 is 15.6 Å². The number of carboxylic acid groups (broad SMARTS) is 1. The van der Waals surface area contributed by atoms with Crippen LogP contribution < -0.4 is 16.0 Å². The zero-order chi connectivity index (χ0) is 19.3. The van der Waals surface area contributed by atoms with Gasteiger partial charge in [-0.15, -0.1) is 0 Å². The normalized spacial score (nSPS) is 13.7. The van der Waals surface area contributed by atoms with E-state index in [0.29, 0.717) is 16.6 Å². The number of rotatable bonds is 3. The summed E-state index contributed by atoms with van der Waals surface area (Å²) in [6, 6.07) is 8.81. The second-order valence-electron chi connectivity index (χ2n) is 6.72. The average Bonchev–Trinajstić information content (AvgIpc) is 3.45. The molecular formula is C20H17ClN2O4. The molecule has 6 nitrogen and oxygen atoms in total. The van der Waals surface area contributed by atoms with Gasteiger partial charge >= 0.3 is 6.16 Å². The third-order valence-electron chi connectivity index (χ3n) is 4.91. The lowest BCUT2D eigenvalue weighted by Crippen LogP contribution is -2.20. The SMILES string of the molecule is Cc1c(-c2ccc(N)c(Cl)c2)ccn2c(=O)c(OC(=O)O)cc(C3CC3)c12. The minimum atomic E-state index is -1.50. The van der Waals surface area contributed by atoms with Gasteiger partial charge in [-0.2, -0.15) is 0 Å². The van der Waals surface area contributed by atoms with E-state index in [0.717, 1.165) is 40.6 Å². The highest BCUT2D eigenvalue weighted by molar-refractivity contribution is 6.33. The van der Waals surface area contributed by atoms with Crippen molar-refractivity contribution in [3.05, 3.63) is 63.0 Å². The number of pyridine rings is 2. The number of aromatic nitrogens is 1. The zero-order valence-electron chi connectivity index (χ0n) is 14.5. The van der Waals surface area contributed by atoms with Crippen LogP contribution in [0.5, 0.6) is 5.75 Å². The Morgan fingerprint density at radius 1 is 1.30 bits per heavy atom. The molecule has 7 heteroatoms. The Hall–Kier alpha value is -2.99. The van der Waals surface area contributed by atoms with Crippen molar-refractivity contribution >= 4 is 29.0 Å². The molecule has 3 aromatic rings. The summed E-state index contributed by atoms with van der Waals surface area (Å²) in [6.07, 6.45) is 2.14. The van der Waals surface area contributed by atoms with Crippen molar-refractivity contribution in [2.24, 2.45) is 0 Å². The lowest BCUT2D eigenvalue weighted by Gasteiger charge is -2.16. The quantitative estimate of drug-likeness (QED) is 0.514. The van der Waals surface area contributed by atoms with Crippen LogP contribution in [0.2, 0.25) is 5.02 Å². The molecule has 138 valence electrons. The van der Waals surface area contributed by atoms with Crippen LogP contribution in [0, 0.1) is 6.92 Å². The van der Waals surface area contributed by atoms with Crippen molar-refractivity contribution in [2.45, 2.75) is 25.7 Å². The van der Waals surface area contributed by atoms with Crippen molar-refractivity contribution in [1.29, 1.82) is 0 Å². The minimum absolute atomic E-state index is 0.176. The molecule has 0 spiro atoms. The number of hydrogen-bond donors (Lipinski definition) is 2. The number of fused-ring (bicyclic) bond motifs is 1. The summed E-state index contributed by atoms with van der Waals surface area (Å²) < 4.78 is 6.17. The summed E-state index contributed by atoms with van der Waals surface area (Å²) >= 11 is 6.17. The Kier molecular flexibility index (Phi) is 4.08. The molecule has 3 N–H and O–H groups in total. The van der Waals surface area contributed by atoms with Gasteiger partial charge in [-0.25, -0.2) is 4.79 Å². The van der Waals surface area contributed by atoms with Gasteiger partial charge in [0.1, 0.15) is 0 Å². The number of nitrogens with two attached hydrogens (primary N) is 1. The Bertz CT molecular complexity index is 1150. The Labute approximate surface area is 159 Å². The third-order valence-corrected chi connectivity index (χ3v) is 5.23. The van der Waals surface area contributed by atoms with Crippen molar-refractivity contribution in [3.63, 3.8) is 0 Å². The average molecular weight is 385 g/mol. The molecule has 0 radical (unpaired) electrons. The minimum Gasteiger partial charge on any atom is -0.449 e. The molecule has 27 heavy (non-hydrogen) atoms. The second-order valence-corrected chi connectivity index (χ2v) is 7.13. The van der Waals surface area contributed by atoms with E-state index >= 15 is 0 Å². The fraction of sp³-hybridized carbons (Fsp3) is 0.200. The Balaban J connectivity index is 1.99. The predicted molar refractivity (Wildman–Crippen MR) is 104 cm³/mol. The highest BCUT2D eigenvalue weighted by atomic mass is 35.5. The number of benzene rings is 1. The van der Waals surface area contributed by atoms with Crippen LogP contribution in [-0.4, -0.2) is 15.7 Å². The third kappa shape index (κ3) is 3.02. The first-order valence-corrected chi connectivity index (χ1v) is 8.89. The van der Waals surface area contributed by atoms with E-state index in [1.54, 1.807) is 24.4 Å². The Morgan fingerprint density at radius 3 is 2.67 bits per heavy atom. The van der Waals surface area contributed by atoms with Gasteiger partial charge in [0.15, 0.2) is 5.75 Å². The number of carbonyl (C=O) groups is 1. The maximum Gasteiger partial charge on any atom is 0.511 e. The molecular weight excluding hydrogens is 368 g/mol. The molecule has 0 bridgehead atoms. The molecule has 4 rings (SSSR count). The number of ether oxygens (including phenoxy) is 1. The highest BCUT2D eigenvalue weighted by Gasteiger charge is 2.29. The van der Waals surface area contributed by atoms with Gasteiger partial charge in [0.2, 0.25) is 0 Å². The van der Waals surface area contributed by atoms with Gasteiger partial charge in [0, 0.05) is 6.20 Å². The summed E-state index contributed by atoms with van der Waals surface area (Å²) in [7, 11) is 0. The van der Waals surface area contributed by atoms with Crippen LogP contribution >= 0.6 is 11.6 Å². The molecule has 1 aliphatic rings. The fourth-order valence-corrected chi connectivity index (χ4v) is 3.63. The van der Waals surface area contributed by atoms with Gasteiger partial charge in [0.05, 0.1) is 16.2 Å². The van der Waals surface area contributed by atoms with E-state index in [4.69, 9.17) is 27.2 Å². The number of hydrogen-bond acceptors (Lipinski definition) is 4. The lowest BCUT2D eigenvalue weighted by molar-refractivity contribution is 0.143. The van der Waals surface area contributed by atoms with Gasteiger partial charge in [-0.1, -0.05) is 17.7 Å². The molecule has 1 fully saturated rings. The molecule has 0 aliphatic heterocycles. The van der Waals surface area contributed by atoms with Gasteiger partial charge in [-0.05, 0) is 72.2 Å². The van der Waals surface area contributed by atoms with Crippen molar-refractivity contribution < 1.29 is 14.6 Å². The van der Waals surface area contributed by atoms with E-state index in [2.05, 4.69) is 0 Å². The topological polar surface area (TPSA) is 94.0 Å². The predicted octanol–water partition coefficient (Wildman–Crippen LogP) is 4.44. The van der Waals surface area contributed by atoms with Crippen LogP contribution in [-0.2, 0) is 0 Å². The van der Waals surface area contributed by atoms with Crippen molar-refractivity contribution in [1.82, 2.24) is 4.40 Å². The maximum absolute atomic E-state index is 12.7. The number of nitrogen functional groups attached to an aromatic ring is 1. The molecule has 0 unspecified atom stereocenters. The largest absolute Gasteiger partial charge is 0.511 e. The van der Waals surface area contributed by atoms with E-state index in [9.17, 15) is 9.59 Å². The fourth-order valence-electron chi connectivity index (χ4n) is 3.45. The molecule has 0 saturated heterocycles. The highest BCUT2D eigenvalue weighted by Crippen LogP contribution is 2.44. The van der Waals surface area contributed by atoms with Crippen molar-refractivity contribution in [3.8, 4) is 16.9 Å².